The summed E-state index contributed by atoms with van der Waals surface area (Å²) in [5.74, 6) is -0.247. The van der Waals surface area contributed by atoms with Gasteiger partial charge in [0.1, 0.15) is 17.1 Å². The molecule has 0 aliphatic carbocycles. The lowest BCUT2D eigenvalue weighted by atomic mass is 10.2. The molecule has 1 aromatic heterocycles. The Hall–Kier alpha value is -2.47. The van der Waals surface area contributed by atoms with E-state index in [1.807, 2.05) is 0 Å². The van der Waals surface area contributed by atoms with Crippen molar-refractivity contribution in [1.29, 1.82) is 0 Å². The largest absolute Gasteiger partial charge is 0.495 e. The second kappa shape index (κ2) is 7.19. The van der Waals surface area contributed by atoms with E-state index in [-0.39, 0.29) is 5.56 Å². The van der Waals surface area contributed by atoms with E-state index in [1.165, 1.54) is 26.4 Å². The van der Waals surface area contributed by atoms with Gasteiger partial charge in [0.05, 0.1) is 19.1 Å². The van der Waals surface area contributed by atoms with E-state index in [2.05, 4.69) is 5.32 Å². The molecule has 0 spiro atoms. The second-order valence-corrected chi connectivity index (χ2v) is 5.21. The van der Waals surface area contributed by atoms with Crippen LogP contribution in [0, 0.1) is 6.92 Å². The van der Waals surface area contributed by atoms with Crippen molar-refractivity contribution in [1.82, 2.24) is 0 Å². The third kappa shape index (κ3) is 4.04. The Morgan fingerprint density at radius 3 is 2.65 bits per heavy atom. The molecule has 1 N–H and O–H groups in total. The van der Waals surface area contributed by atoms with E-state index in [0.717, 1.165) is 0 Å². The lowest BCUT2D eigenvalue weighted by Crippen LogP contribution is -2.30. The Morgan fingerprint density at radius 1 is 1.30 bits per heavy atom. The van der Waals surface area contributed by atoms with Crippen molar-refractivity contribution in [3.05, 3.63) is 46.9 Å². The quantitative estimate of drug-likeness (QED) is 0.846. The van der Waals surface area contributed by atoms with Gasteiger partial charge in [-0.25, -0.2) is 4.79 Å². The molecule has 6 nitrogen and oxygen atoms in total. The average molecular weight is 338 g/mol. The lowest BCUT2D eigenvalue weighted by molar-refractivity contribution is -0.123. The van der Waals surface area contributed by atoms with Crippen LogP contribution in [0.3, 0.4) is 0 Å². The first kappa shape index (κ1) is 16.9. The fraction of sp³-hybridized carbons (Fsp3) is 0.250. The van der Waals surface area contributed by atoms with Crippen LogP contribution in [0.25, 0.3) is 0 Å². The molecular weight excluding hydrogens is 322 g/mol. The Morgan fingerprint density at radius 2 is 2.04 bits per heavy atom. The number of halogens is 1. The molecule has 0 unspecified atom stereocenters. The van der Waals surface area contributed by atoms with Crippen LogP contribution in [0.1, 0.15) is 23.0 Å². The normalized spacial score (nSPS) is 11.7. The van der Waals surface area contributed by atoms with Gasteiger partial charge >= 0.3 is 5.97 Å². The van der Waals surface area contributed by atoms with Gasteiger partial charge in [0, 0.05) is 5.02 Å². The maximum absolute atomic E-state index is 12.2. The number of furan rings is 1. The highest BCUT2D eigenvalue weighted by Gasteiger charge is 2.22. The van der Waals surface area contributed by atoms with Gasteiger partial charge in [0.2, 0.25) is 0 Å². The molecule has 7 heteroatoms. The molecule has 0 saturated carbocycles. The van der Waals surface area contributed by atoms with Crippen LogP contribution < -0.4 is 10.1 Å². The first-order valence-electron chi connectivity index (χ1n) is 6.82. The van der Waals surface area contributed by atoms with E-state index in [9.17, 15) is 9.59 Å². The van der Waals surface area contributed by atoms with Crippen LogP contribution >= 0.6 is 11.6 Å². The number of esters is 1. The van der Waals surface area contributed by atoms with Gasteiger partial charge in [-0.15, -0.1) is 0 Å². The van der Waals surface area contributed by atoms with Gasteiger partial charge in [-0.1, -0.05) is 11.6 Å². The lowest BCUT2D eigenvalue weighted by Gasteiger charge is -2.15. The summed E-state index contributed by atoms with van der Waals surface area (Å²) in [5, 5.41) is 3.06. The number of nitrogens with one attached hydrogen (secondary N) is 1. The van der Waals surface area contributed by atoms with Crippen LogP contribution in [-0.2, 0) is 9.53 Å². The van der Waals surface area contributed by atoms with Crippen molar-refractivity contribution in [3.8, 4) is 5.75 Å². The zero-order chi connectivity index (χ0) is 17.0. The Kier molecular flexibility index (Phi) is 5.28. The summed E-state index contributed by atoms with van der Waals surface area (Å²) < 4.78 is 15.3. The van der Waals surface area contributed by atoms with Crippen molar-refractivity contribution < 1.29 is 23.5 Å². The van der Waals surface area contributed by atoms with E-state index in [0.29, 0.717) is 22.2 Å². The number of ether oxygens (including phenoxy) is 2. The van der Waals surface area contributed by atoms with Crippen molar-refractivity contribution in [2.75, 3.05) is 12.4 Å². The highest BCUT2D eigenvalue weighted by molar-refractivity contribution is 6.31. The Balaban J connectivity index is 2.04. The molecule has 1 aromatic carbocycles. The molecule has 122 valence electrons. The van der Waals surface area contributed by atoms with Gasteiger partial charge in [-0.3, -0.25) is 4.79 Å². The van der Waals surface area contributed by atoms with Crippen molar-refractivity contribution in [2.24, 2.45) is 0 Å². The highest BCUT2D eigenvalue weighted by Crippen LogP contribution is 2.27. The van der Waals surface area contributed by atoms with Crippen LogP contribution in [-0.4, -0.2) is 25.1 Å². The topological polar surface area (TPSA) is 77.8 Å². The first-order chi connectivity index (χ1) is 10.9. The number of benzene rings is 1. The molecule has 1 amide bonds. The number of anilines is 1. The zero-order valence-corrected chi connectivity index (χ0v) is 13.6. The summed E-state index contributed by atoms with van der Waals surface area (Å²) in [6.45, 7) is 3.11. The predicted octanol–water partition coefficient (Wildman–Crippen LogP) is 3.43. The number of methoxy groups -OCH3 is 1. The molecule has 1 atom stereocenters. The summed E-state index contributed by atoms with van der Waals surface area (Å²) in [4.78, 5) is 24.1. The van der Waals surface area contributed by atoms with Gasteiger partial charge in [0.25, 0.3) is 5.91 Å². The van der Waals surface area contributed by atoms with Crippen LogP contribution in [0.15, 0.2) is 34.9 Å². The summed E-state index contributed by atoms with van der Waals surface area (Å²) in [6.07, 6.45) is 0.383. The van der Waals surface area contributed by atoms with E-state index in [4.69, 9.17) is 25.5 Å². The van der Waals surface area contributed by atoms with Crippen LogP contribution in [0.4, 0.5) is 5.69 Å². The third-order valence-electron chi connectivity index (χ3n) is 3.15. The maximum atomic E-state index is 12.2. The van der Waals surface area contributed by atoms with E-state index in [1.54, 1.807) is 25.1 Å². The molecule has 0 aliphatic heterocycles. The van der Waals surface area contributed by atoms with E-state index >= 15 is 0 Å². The minimum absolute atomic E-state index is 0.282. The molecule has 0 saturated heterocycles. The van der Waals surface area contributed by atoms with Gasteiger partial charge in [0.15, 0.2) is 6.10 Å². The summed E-state index contributed by atoms with van der Waals surface area (Å²) >= 11 is 5.90. The van der Waals surface area contributed by atoms with Gasteiger partial charge in [-0.05, 0) is 38.1 Å². The molecule has 0 fully saturated rings. The standard InChI is InChI=1S/C16H16ClNO5/c1-9-12(6-7-22-9)16(20)23-10(2)15(19)18-13-8-11(17)4-5-14(13)21-3/h4-8,10H,1-3H3,(H,18,19)/t10-/m0/s1. The second-order valence-electron chi connectivity index (χ2n) is 4.77. The Bertz CT molecular complexity index is 725. The summed E-state index contributed by atoms with van der Waals surface area (Å²) in [7, 11) is 1.48. The fourth-order valence-electron chi connectivity index (χ4n) is 1.89. The van der Waals surface area contributed by atoms with Crippen molar-refractivity contribution >= 4 is 29.2 Å². The minimum Gasteiger partial charge on any atom is -0.495 e. The SMILES string of the molecule is COc1ccc(Cl)cc1NC(=O)[C@H](C)OC(=O)c1ccoc1C. The third-order valence-corrected chi connectivity index (χ3v) is 3.39. The highest BCUT2D eigenvalue weighted by atomic mass is 35.5. The number of aryl methyl sites for hydroxylation is 1. The number of carbonyl (C=O) groups is 2. The number of amides is 1. The maximum Gasteiger partial charge on any atom is 0.342 e. The number of rotatable bonds is 5. The zero-order valence-electron chi connectivity index (χ0n) is 12.9. The number of hydrogen-bond donors (Lipinski definition) is 1. The first-order valence-corrected chi connectivity index (χ1v) is 7.19. The summed E-state index contributed by atoms with van der Waals surface area (Å²) in [6, 6.07) is 6.31. The van der Waals surface area contributed by atoms with Gasteiger partial charge < -0.3 is 19.2 Å². The number of carbonyl (C=O) groups excluding carboxylic acids is 2. The van der Waals surface area contributed by atoms with Crippen LogP contribution in [0.5, 0.6) is 5.75 Å². The molecular formula is C16H16ClNO5. The average Bonchev–Trinajstić information content (AvgIpc) is 2.93. The van der Waals surface area contributed by atoms with Crippen molar-refractivity contribution in [3.63, 3.8) is 0 Å². The number of hydrogen-bond acceptors (Lipinski definition) is 5. The minimum atomic E-state index is -1.000. The predicted molar refractivity (Wildman–Crippen MR) is 85.0 cm³/mol. The van der Waals surface area contributed by atoms with Gasteiger partial charge in [-0.2, -0.15) is 0 Å². The monoisotopic (exact) mass is 337 g/mol. The Labute approximate surface area is 138 Å². The fourth-order valence-corrected chi connectivity index (χ4v) is 2.06. The molecule has 1 heterocycles. The molecule has 2 rings (SSSR count). The van der Waals surface area contributed by atoms with Crippen molar-refractivity contribution in [2.45, 2.75) is 20.0 Å². The molecule has 2 aromatic rings. The molecule has 0 aliphatic rings. The molecule has 0 radical (unpaired) electrons. The smallest absolute Gasteiger partial charge is 0.342 e. The molecule has 23 heavy (non-hydrogen) atoms. The van der Waals surface area contributed by atoms with E-state index < -0.39 is 18.0 Å². The van der Waals surface area contributed by atoms with Crippen LogP contribution in [0.2, 0.25) is 5.02 Å². The summed E-state index contributed by atoms with van der Waals surface area (Å²) in [5.41, 5.74) is 0.678. The molecule has 0 bridgehead atoms.